The Labute approximate surface area is 154 Å². The summed E-state index contributed by atoms with van der Waals surface area (Å²) < 4.78 is 45.5. The lowest BCUT2D eigenvalue weighted by molar-refractivity contribution is -0.123. The Morgan fingerprint density at radius 3 is 2.52 bits per heavy atom. The molecule has 2 amide bonds. The summed E-state index contributed by atoms with van der Waals surface area (Å²) in [7, 11) is 1.55. The van der Waals surface area contributed by atoms with Gasteiger partial charge in [-0.1, -0.05) is 12.1 Å². The van der Waals surface area contributed by atoms with E-state index in [1.54, 1.807) is 13.2 Å². The number of carbonyl (C=O) groups excluding carboxylic acids is 2. The van der Waals surface area contributed by atoms with Crippen LogP contribution in [0.25, 0.3) is 0 Å². The second kappa shape index (κ2) is 9.07. The molecule has 27 heavy (non-hydrogen) atoms. The summed E-state index contributed by atoms with van der Waals surface area (Å²) in [6.07, 6.45) is 0.516. The summed E-state index contributed by atoms with van der Waals surface area (Å²) in [5, 5.41) is 2.61. The number of nitrogens with zero attached hydrogens (tertiary/aromatic N) is 1. The van der Waals surface area contributed by atoms with Crippen molar-refractivity contribution in [1.82, 2.24) is 5.32 Å². The molecule has 0 aliphatic rings. The molecular formula is C19H19F3N2O3. The molecule has 0 saturated heterocycles. The van der Waals surface area contributed by atoms with Gasteiger partial charge in [-0.05, 0) is 36.2 Å². The standard InChI is InChI=1S/C19H19F3N2O3/c1-12(25)24(16-7-6-15(20)18(21)19(16)22)11-17(26)23-9-8-13-4-3-5-14(10-13)27-2/h3-7,10H,8-9,11H2,1-2H3,(H,23,26). The molecule has 5 nitrogen and oxygen atoms in total. The summed E-state index contributed by atoms with van der Waals surface area (Å²) >= 11 is 0. The number of ether oxygens (including phenoxy) is 1. The molecule has 0 aromatic heterocycles. The van der Waals surface area contributed by atoms with Crippen LogP contribution in [-0.4, -0.2) is 32.0 Å². The summed E-state index contributed by atoms with van der Waals surface area (Å²) in [6.45, 7) is 0.859. The predicted octanol–water partition coefficient (Wildman–Crippen LogP) is 2.82. The minimum absolute atomic E-state index is 0.276. The fourth-order valence-electron chi connectivity index (χ4n) is 2.46. The monoisotopic (exact) mass is 380 g/mol. The number of nitrogens with one attached hydrogen (secondary N) is 1. The molecular weight excluding hydrogens is 361 g/mol. The average molecular weight is 380 g/mol. The van der Waals surface area contributed by atoms with Crippen LogP contribution in [0.2, 0.25) is 0 Å². The average Bonchev–Trinajstić information content (AvgIpc) is 2.65. The van der Waals surface area contributed by atoms with Gasteiger partial charge in [0.15, 0.2) is 17.5 Å². The van der Waals surface area contributed by atoms with Crippen molar-refractivity contribution in [2.24, 2.45) is 0 Å². The van der Waals surface area contributed by atoms with Gasteiger partial charge in [0.2, 0.25) is 11.8 Å². The van der Waals surface area contributed by atoms with Gasteiger partial charge in [-0.3, -0.25) is 9.59 Å². The highest BCUT2D eigenvalue weighted by Gasteiger charge is 2.23. The Hall–Kier alpha value is -3.03. The van der Waals surface area contributed by atoms with E-state index in [1.807, 2.05) is 18.2 Å². The molecule has 0 atom stereocenters. The van der Waals surface area contributed by atoms with Crippen LogP contribution >= 0.6 is 0 Å². The fourth-order valence-corrected chi connectivity index (χ4v) is 2.46. The second-order valence-corrected chi connectivity index (χ2v) is 5.75. The number of anilines is 1. The van der Waals surface area contributed by atoms with Crippen LogP contribution in [0.5, 0.6) is 5.75 Å². The quantitative estimate of drug-likeness (QED) is 0.752. The number of hydrogen-bond acceptors (Lipinski definition) is 3. The lowest BCUT2D eigenvalue weighted by Crippen LogP contribution is -2.41. The van der Waals surface area contributed by atoms with Crippen LogP contribution in [0, 0.1) is 17.5 Å². The zero-order valence-electron chi connectivity index (χ0n) is 14.9. The summed E-state index contributed by atoms with van der Waals surface area (Å²) in [4.78, 5) is 24.6. The second-order valence-electron chi connectivity index (χ2n) is 5.75. The molecule has 0 heterocycles. The van der Waals surface area contributed by atoms with Crippen LogP contribution in [0.1, 0.15) is 12.5 Å². The smallest absolute Gasteiger partial charge is 0.240 e. The molecule has 0 saturated carbocycles. The molecule has 0 unspecified atom stereocenters. The van der Waals surface area contributed by atoms with Crippen molar-refractivity contribution >= 4 is 17.5 Å². The normalized spacial score (nSPS) is 10.4. The first-order valence-corrected chi connectivity index (χ1v) is 8.14. The van der Waals surface area contributed by atoms with E-state index in [1.165, 1.54) is 0 Å². The van der Waals surface area contributed by atoms with E-state index in [-0.39, 0.29) is 6.54 Å². The molecule has 2 aromatic carbocycles. The minimum Gasteiger partial charge on any atom is -0.497 e. The SMILES string of the molecule is COc1cccc(CCNC(=O)CN(C(C)=O)c2ccc(F)c(F)c2F)c1. The number of halogens is 3. The van der Waals surface area contributed by atoms with E-state index in [9.17, 15) is 22.8 Å². The maximum Gasteiger partial charge on any atom is 0.240 e. The molecule has 0 aliphatic carbocycles. The number of rotatable bonds is 7. The first-order chi connectivity index (χ1) is 12.8. The van der Waals surface area contributed by atoms with Gasteiger partial charge >= 0.3 is 0 Å². The van der Waals surface area contributed by atoms with Crippen molar-refractivity contribution in [3.63, 3.8) is 0 Å². The molecule has 1 N–H and O–H groups in total. The molecule has 0 bridgehead atoms. The summed E-state index contributed by atoms with van der Waals surface area (Å²) in [6, 6.07) is 8.92. The third kappa shape index (κ3) is 5.22. The molecule has 2 rings (SSSR count). The van der Waals surface area contributed by atoms with Crippen LogP contribution in [0.3, 0.4) is 0 Å². The molecule has 0 spiro atoms. The zero-order chi connectivity index (χ0) is 20.0. The van der Waals surface area contributed by atoms with Crippen molar-refractivity contribution in [3.8, 4) is 5.75 Å². The third-order valence-corrected chi connectivity index (χ3v) is 3.86. The van der Waals surface area contributed by atoms with E-state index >= 15 is 0 Å². The van der Waals surface area contributed by atoms with Gasteiger partial charge < -0.3 is 15.0 Å². The Kier molecular flexibility index (Phi) is 6.81. The van der Waals surface area contributed by atoms with E-state index in [0.717, 1.165) is 23.5 Å². The molecule has 0 fully saturated rings. The van der Waals surface area contributed by atoms with Gasteiger partial charge in [-0.2, -0.15) is 0 Å². The van der Waals surface area contributed by atoms with Gasteiger partial charge in [-0.25, -0.2) is 13.2 Å². The fraction of sp³-hybridized carbons (Fsp3) is 0.263. The van der Waals surface area contributed by atoms with E-state index in [2.05, 4.69) is 5.32 Å². The van der Waals surface area contributed by atoms with E-state index in [0.29, 0.717) is 18.2 Å². The van der Waals surface area contributed by atoms with Gasteiger partial charge in [0, 0.05) is 13.5 Å². The summed E-state index contributed by atoms with van der Waals surface area (Å²) in [5.41, 5.74) is 0.439. The zero-order valence-corrected chi connectivity index (χ0v) is 14.9. The van der Waals surface area contributed by atoms with E-state index in [4.69, 9.17) is 4.74 Å². The van der Waals surface area contributed by atoms with Crippen LogP contribution in [-0.2, 0) is 16.0 Å². The van der Waals surface area contributed by atoms with Crippen molar-refractivity contribution in [1.29, 1.82) is 0 Å². The van der Waals surface area contributed by atoms with E-state index < -0.39 is 41.5 Å². The van der Waals surface area contributed by atoms with Crippen molar-refractivity contribution in [3.05, 3.63) is 59.4 Å². The Balaban J connectivity index is 1.99. The highest BCUT2D eigenvalue weighted by Crippen LogP contribution is 2.23. The molecule has 8 heteroatoms. The third-order valence-electron chi connectivity index (χ3n) is 3.86. The number of benzene rings is 2. The largest absolute Gasteiger partial charge is 0.497 e. The minimum atomic E-state index is -1.70. The maximum atomic E-state index is 13.9. The lowest BCUT2D eigenvalue weighted by Gasteiger charge is -2.21. The molecule has 2 aromatic rings. The first kappa shape index (κ1) is 20.3. The van der Waals surface area contributed by atoms with Gasteiger partial charge in [0.25, 0.3) is 0 Å². The van der Waals surface area contributed by atoms with Gasteiger partial charge in [-0.15, -0.1) is 0 Å². The number of hydrogen-bond donors (Lipinski definition) is 1. The highest BCUT2D eigenvalue weighted by atomic mass is 19.2. The van der Waals surface area contributed by atoms with Crippen molar-refractivity contribution < 1.29 is 27.5 Å². The molecule has 144 valence electrons. The van der Waals surface area contributed by atoms with Crippen molar-refractivity contribution in [2.45, 2.75) is 13.3 Å². The summed E-state index contributed by atoms with van der Waals surface area (Å²) in [5.74, 6) is -5.13. The van der Waals surface area contributed by atoms with Crippen LogP contribution in [0.4, 0.5) is 18.9 Å². The molecule has 0 radical (unpaired) electrons. The molecule has 0 aliphatic heterocycles. The highest BCUT2D eigenvalue weighted by molar-refractivity contribution is 5.97. The number of amides is 2. The Morgan fingerprint density at radius 1 is 1.11 bits per heavy atom. The lowest BCUT2D eigenvalue weighted by atomic mass is 10.1. The first-order valence-electron chi connectivity index (χ1n) is 8.14. The van der Waals surface area contributed by atoms with Crippen molar-refractivity contribution in [2.75, 3.05) is 25.1 Å². The van der Waals surface area contributed by atoms with Gasteiger partial charge in [0.1, 0.15) is 12.3 Å². The van der Waals surface area contributed by atoms with Gasteiger partial charge in [0.05, 0.1) is 12.8 Å². The topological polar surface area (TPSA) is 58.6 Å². The van der Waals surface area contributed by atoms with Crippen LogP contribution in [0.15, 0.2) is 36.4 Å². The maximum absolute atomic E-state index is 13.9. The predicted molar refractivity (Wildman–Crippen MR) is 94.1 cm³/mol. The number of methoxy groups -OCH3 is 1. The Morgan fingerprint density at radius 2 is 1.85 bits per heavy atom. The number of carbonyl (C=O) groups is 2. The van der Waals surface area contributed by atoms with Crippen LogP contribution < -0.4 is 15.0 Å². The Bertz CT molecular complexity index is 843.